The fourth-order valence-electron chi connectivity index (χ4n) is 12.4. The van der Waals surface area contributed by atoms with Gasteiger partial charge in [-0.25, -0.2) is 28.3 Å². The average Bonchev–Trinajstić information content (AvgIpc) is 3.71. The minimum Gasteiger partial charge on any atom is -0.460 e. The number of carbonyl (C=O) groups is 5. The third kappa shape index (κ3) is 13.8. The molecular formula is C60H88N4O15. The maximum Gasteiger partial charge on any atom is 0.352 e. The molecule has 2 unspecified atom stereocenters. The topological polar surface area (TPSA) is 244 Å². The number of esters is 1. The van der Waals surface area contributed by atoms with Gasteiger partial charge in [0.2, 0.25) is 5.79 Å². The summed E-state index contributed by atoms with van der Waals surface area (Å²) in [5.74, 6) is -8.69. The zero-order chi connectivity index (χ0) is 58.3. The molecule has 1 aliphatic carbocycles. The van der Waals surface area contributed by atoms with Gasteiger partial charge in [0, 0.05) is 58.5 Å². The molecule has 1 amide bonds. The summed E-state index contributed by atoms with van der Waals surface area (Å²) in [7, 11) is 4.37. The lowest BCUT2D eigenvalue weighted by Crippen LogP contribution is -2.61. The van der Waals surface area contributed by atoms with Crippen LogP contribution in [0.3, 0.4) is 0 Å². The predicted octanol–water partition coefficient (Wildman–Crippen LogP) is 5.95. The first kappa shape index (κ1) is 63.0. The van der Waals surface area contributed by atoms with Crippen LogP contribution >= 0.6 is 0 Å². The van der Waals surface area contributed by atoms with Crippen LogP contribution in [0.15, 0.2) is 76.4 Å². The SMILES string of the molecule is C=C[C@@H](C)C[C@@H](C)C(=O)[C@H](OC)[C@H](O)/C(C)=C/[C@@H](C)C(=O)C[C@H](OC(=O)[C@@H]1CCCCN1C(=O)C(=O)[C@]1(O)O[C@H](C[C@H](OC)C2(C)C=CC(C)n3c(=O)n(-c4ccccc4)c(=O)n32)CC[C@H]1C)[C@H](C)C[C@@H]1CC[C@@H](O)[C@H](OC)C1. The summed E-state index contributed by atoms with van der Waals surface area (Å²) >= 11 is 0. The largest absolute Gasteiger partial charge is 0.460 e. The van der Waals surface area contributed by atoms with Gasteiger partial charge in [0.25, 0.3) is 11.7 Å². The van der Waals surface area contributed by atoms with Crippen LogP contribution in [-0.2, 0) is 53.2 Å². The lowest BCUT2D eigenvalue weighted by molar-refractivity contribution is -0.267. The Morgan fingerprint density at radius 2 is 1.62 bits per heavy atom. The summed E-state index contributed by atoms with van der Waals surface area (Å²) in [6.45, 7) is 17.9. The normalized spacial score (nSPS) is 29.5. The van der Waals surface area contributed by atoms with Gasteiger partial charge in [0.15, 0.2) is 5.78 Å². The fraction of sp³-hybridized carbons (Fsp3) is 0.683. The maximum atomic E-state index is 14.6. The van der Waals surface area contributed by atoms with Gasteiger partial charge in [0.05, 0.1) is 36.1 Å². The number of piperidine rings is 1. The van der Waals surface area contributed by atoms with E-state index in [-0.39, 0.29) is 61.7 Å². The van der Waals surface area contributed by atoms with Crippen molar-refractivity contribution in [1.82, 2.24) is 18.8 Å². The molecule has 3 aliphatic heterocycles. The number of ketones is 3. The predicted molar refractivity (Wildman–Crippen MR) is 295 cm³/mol. The molecule has 0 bridgehead atoms. The third-order valence-electron chi connectivity index (χ3n) is 17.5. The number of aliphatic hydroxyl groups is 3. The molecule has 2 saturated heterocycles. The Hall–Kier alpha value is -5.15. The van der Waals surface area contributed by atoms with Crippen LogP contribution in [0.5, 0.6) is 0 Å². The van der Waals surface area contributed by atoms with Gasteiger partial charge in [-0.1, -0.05) is 77.1 Å². The van der Waals surface area contributed by atoms with E-state index < -0.39 is 113 Å². The molecule has 19 heteroatoms. The van der Waals surface area contributed by atoms with E-state index in [1.807, 2.05) is 26.0 Å². The number of benzene rings is 1. The number of methoxy groups -OCH3 is 3. The van der Waals surface area contributed by atoms with E-state index in [2.05, 4.69) is 6.58 Å². The highest BCUT2D eigenvalue weighted by molar-refractivity contribution is 6.39. The van der Waals surface area contributed by atoms with Crippen LogP contribution in [0.2, 0.25) is 0 Å². The number of allylic oxidation sites excluding steroid dienone is 3. The molecule has 3 fully saturated rings. The highest BCUT2D eigenvalue weighted by Crippen LogP contribution is 2.40. The monoisotopic (exact) mass is 1100 g/mol. The Morgan fingerprint density at radius 3 is 2.27 bits per heavy atom. The van der Waals surface area contributed by atoms with Crippen molar-refractivity contribution in [3.8, 4) is 5.69 Å². The number of fused-ring (bicyclic) bond motifs is 1. The number of aromatic nitrogens is 3. The Morgan fingerprint density at radius 1 is 0.924 bits per heavy atom. The smallest absolute Gasteiger partial charge is 0.352 e. The fourth-order valence-corrected chi connectivity index (χ4v) is 12.4. The minimum atomic E-state index is -2.61. The van der Waals surface area contributed by atoms with Crippen molar-refractivity contribution in [3.63, 3.8) is 0 Å². The molecule has 1 aromatic carbocycles. The Labute approximate surface area is 464 Å². The highest BCUT2D eigenvalue weighted by atomic mass is 16.6. The van der Waals surface area contributed by atoms with Crippen molar-refractivity contribution in [3.05, 3.63) is 87.8 Å². The molecule has 1 saturated carbocycles. The molecule has 19 nitrogen and oxygen atoms in total. The van der Waals surface area contributed by atoms with Gasteiger partial charge in [0.1, 0.15) is 35.7 Å². The lowest BCUT2D eigenvalue weighted by Gasteiger charge is -2.45. The summed E-state index contributed by atoms with van der Waals surface area (Å²) in [5.41, 5.74) is -1.61. The summed E-state index contributed by atoms with van der Waals surface area (Å²) in [4.78, 5) is 101. The first-order valence-electron chi connectivity index (χ1n) is 28.4. The van der Waals surface area contributed by atoms with Crippen LogP contribution in [0.4, 0.5) is 0 Å². The van der Waals surface area contributed by atoms with Gasteiger partial charge < -0.3 is 43.9 Å². The molecule has 4 heterocycles. The molecule has 0 radical (unpaired) electrons. The van der Waals surface area contributed by atoms with E-state index in [9.17, 15) is 48.9 Å². The summed E-state index contributed by atoms with van der Waals surface area (Å²) < 4.78 is 33.6. The third-order valence-corrected chi connectivity index (χ3v) is 17.5. The molecule has 79 heavy (non-hydrogen) atoms. The van der Waals surface area contributed by atoms with Gasteiger partial charge >= 0.3 is 17.3 Å². The summed E-state index contributed by atoms with van der Waals surface area (Å²) in [6, 6.07) is 6.88. The standard InChI is InChI=1S/C60H88N4O15/c1-13-35(2)29-38(5)51(67)53(77-12)52(68)39(6)30-36(3)47(66)34-48(37(4)31-42-23-25-46(65)49(32-42)75-10)78-56(71)45-21-17-18-28-61(45)55(70)54(69)60(74)40(7)22-24-44(79-60)33-50(76-11)59(9)27-26-41(8)63-57(72)62(58(73)64(59)63)43-19-15-14-16-20-43/h13-16,19-20,26-27,30,35-38,40-42,44-46,48-50,52-53,65,68,74H,1,17-18,21-25,28-29,31-34H2,2-12H3/b39-30+/t35-,36-,37-,38-,40-,41?,42+,44+,45+,46-,48+,49-,50+,52-,53+,59?,60-/m1/s1. The Balaban J connectivity index is 1.20. The number of hydrogen-bond donors (Lipinski definition) is 3. The van der Waals surface area contributed by atoms with Gasteiger partial charge in [-0.15, -0.1) is 6.58 Å². The van der Waals surface area contributed by atoms with Crippen molar-refractivity contribution >= 4 is 29.2 Å². The van der Waals surface area contributed by atoms with E-state index in [4.69, 9.17) is 23.7 Å². The van der Waals surface area contributed by atoms with E-state index in [0.29, 0.717) is 62.6 Å². The van der Waals surface area contributed by atoms with Crippen LogP contribution in [0.25, 0.3) is 5.69 Å². The number of Topliss-reactive ketones (excluding diaryl/α,β-unsaturated/α-hetero) is 3. The van der Waals surface area contributed by atoms with Crippen LogP contribution in [-0.4, -0.2) is 146 Å². The van der Waals surface area contributed by atoms with Crippen LogP contribution in [0.1, 0.15) is 138 Å². The molecular weight excluding hydrogens is 1020 g/mol. The number of hydrogen-bond acceptors (Lipinski definition) is 15. The van der Waals surface area contributed by atoms with Crippen molar-refractivity contribution in [1.29, 1.82) is 0 Å². The van der Waals surface area contributed by atoms with Crippen molar-refractivity contribution in [2.45, 2.75) is 199 Å². The zero-order valence-corrected chi connectivity index (χ0v) is 48.3. The second kappa shape index (κ2) is 27.1. The van der Waals surface area contributed by atoms with Gasteiger partial charge in [-0.05, 0) is 120 Å². The van der Waals surface area contributed by atoms with Crippen molar-refractivity contribution in [2.24, 2.45) is 35.5 Å². The molecule has 1 aromatic heterocycles. The number of rotatable bonds is 25. The molecule has 0 spiro atoms. The molecule has 6 rings (SSSR count). The van der Waals surface area contributed by atoms with Gasteiger partial charge in [-0.3, -0.25) is 19.2 Å². The Kier molecular flexibility index (Phi) is 21.6. The summed E-state index contributed by atoms with van der Waals surface area (Å²) in [6.07, 6.45) is 5.15. The highest BCUT2D eigenvalue weighted by Gasteiger charge is 2.54. The number of ether oxygens (including phenoxy) is 5. The van der Waals surface area contributed by atoms with E-state index >= 15 is 0 Å². The summed E-state index contributed by atoms with van der Waals surface area (Å²) in [5, 5.41) is 34.2. The van der Waals surface area contributed by atoms with Crippen LogP contribution < -0.4 is 11.4 Å². The zero-order valence-electron chi connectivity index (χ0n) is 48.3. The maximum absolute atomic E-state index is 14.6. The number of aliphatic hydroxyl groups excluding tert-OH is 2. The first-order valence-corrected chi connectivity index (χ1v) is 28.4. The molecule has 3 N–H and O–H groups in total. The molecule has 438 valence electrons. The van der Waals surface area contributed by atoms with Crippen molar-refractivity contribution in [2.75, 3.05) is 27.9 Å². The number of carbonyl (C=O) groups excluding carboxylic acids is 5. The van der Waals surface area contributed by atoms with E-state index in [1.54, 1.807) is 91.1 Å². The van der Waals surface area contributed by atoms with Gasteiger partial charge in [-0.2, -0.15) is 0 Å². The number of para-hydroxylation sites is 1. The number of amides is 1. The van der Waals surface area contributed by atoms with Crippen molar-refractivity contribution < 1.29 is 63.0 Å². The van der Waals surface area contributed by atoms with E-state index in [1.165, 1.54) is 23.6 Å². The first-order chi connectivity index (χ1) is 37.4. The molecule has 4 aliphatic rings. The molecule has 17 atom stereocenters. The lowest BCUT2D eigenvalue weighted by atomic mass is 9.78. The minimum absolute atomic E-state index is 0.00853. The Bertz CT molecular complexity index is 2660. The second-order valence-electron chi connectivity index (χ2n) is 23.4. The van der Waals surface area contributed by atoms with Crippen LogP contribution in [0, 0.1) is 35.5 Å². The average molecular weight is 1110 g/mol. The quantitative estimate of drug-likeness (QED) is 0.0591. The number of nitrogens with zero attached hydrogens (tertiary/aromatic N) is 4. The second-order valence-corrected chi connectivity index (χ2v) is 23.4. The number of likely N-dealkylation sites (tertiary alicyclic amines) is 1. The molecule has 2 aromatic rings. The van der Waals surface area contributed by atoms with E-state index in [0.717, 1.165) is 9.47 Å².